The van der Waals surface area contributed by atoms with Gasteiger partial charge in [0.15, 0.2) is 5.69 Å². The number of amides is 1. The van der Waals surface area contributed by atoms with Gasteiger partial charge >= 0.3 is 0 Å². The van der Waals surface area contributed by atoms with Crippen molar-refractivity contribution in [2.45, 2.75) is 6.92 Å². The van der Waals surface area contributed by atoms with Crippen LogP contribution in [0, 0.1) is 17.1 Å². The van der Waals surface area contributed by atoms with Gasteiger partial charge < -0.3 is 10.6 Å². The smallest absolute Gasteiger partial charge is 0.276 e. The van der Waals surface area contributed by atoms with Crippen LogP contribution in [0.15, 0.2) is 30.3 Å². The summed E-state index contributed by atoms with van der Waals surface area (Å²) in [6.07, 6.45) is 0. The maximum atomic E-state index is 13.2. The minimum absolute atomic E-state index is 0.125. The van der Waals surface area contributed by atoms with Gasteiger partial charge in [0.2, 0.25) is 0 Å². The van der Waals surface area contributed by atoms with Gasteiger partial charge in [-0.25, -0.2) is 4.39 Å². The van der Waals surface area contributed by atoms with E-state index in [2.05, 4.69) is 20.8 Å². The number of nitrogens with one attached hydrogen (secondary N) is 2. The van der Waals surface area contributed by atoms with Crippen LogP contribution in [0.5, 0.6) is 0 Å². The van der Waals surface area contributed by atoms with Crippen molar-refractivity contribution in [2.24, 2.45) is 0 Å². The molecule has 7 heteroatoms. The average Bonchev–Trinajstić information content (AvgIpc) is 2.50. The summed E-state index contributed by atoms with van der Waals surface area (Å²) in [4.78, 5) is 12.0. The normalized spacial score (nSPS) is 9.76. The summed E-state index contributed by atoms with van der Waals surface area (Å²) in [6, 6.07) is 8.61. The number of nitriles is 1. The summed E-state index contributed by atoms with van der Waals surface area (Å²) >= 11 is 0. The average molecular weight is 285 g/mol. The van der Waals surface area contributed by atoms with E-state index in [0.29, 0.717) is 18.1 Å². The molecule has 6 nitrogen and oxygen atoms in total. The molecule has 0 saturated heterocycles. The van der Waals surface area contributed by atoms with Crippen LogP contribution in [0.1, 0.15) is 23.0 Å². The molecule has 1 amide bonds. The topological polar surface area (TPSA) is 90.7 Å². The highest BCUT2D eigenvalue weighted by atomic mass is 19.1. The zero-order valence-corrected chi connectivity index (χ0v) is 11.2. The lowest BCUT2D eigenvalue weighted by atomic mass is 10.2. The van der Waals surface area contributed by atoms with Gasteiger partial charge in [-0.3, -0.25) is 4.79 Å². The first-order chi connectivity index (χ1) is 10.1. The number of anilines is 2. The molecule has 0 bridgehead atoms. The summed E-state index contributed by atoms with van der Waals surface area (Å²) in [6.45, 7) is 2.62. The van der Waals surface area contributed by atoms with E-state index in [1.54, 1.807) is 12.1 Å². The van der Waals surface area contributed by atoms with Gasteiger partial charge in [0.25, 0.3) is 5.91 Å². The van der Waals surface area contributed by atoms with Crippen molar-refractivity contribution in [1.29, 1.82) is 5.26 Å². The number of hydrogen-bond donors (Lipinski definition) is 2. The molecule has 1 aromatic carbocycles. The molecule has 0 aliphatic heterocycles. The van der Waals surface area contributed by atoms with Gasteiger partial charge in [0.05, 0.1) is 5.56 Å². The number of carbonyl (C=O) groups excluding carboxylic acids is 1. The van der Waals surface area contributed by atoms with Crippen molar-refractivity contribution < 1.29 is 9.18 Å². The molecule has 1 aromatic heterocycles. The predicted molar refractivity (Wildman–Crippen MR) is 75.3 cm³/mol. The van der Waals surface area contributed by atoms with Crippen LogP contribution in [0.3, 0.4) is 0 Å². The van der Waals surface area contributed by atoms with Crippen molar-refractivity contribution in [3.8, 4) is 6.07 Å². The van der Waals surface area contributed by atoms with E-state index in [1.807, 2.05) is 6.92 Å². The Morgan fingerprint density at radius 3 is 2.76 bits per heavy atom. The standard InChI is InChI=1S/C14H12FN5O/c1-2-17-13-6-5-12(19-20-13)14(21)18-10-3-4-11(15)9(7-10)8-16/h3-7H,2H2,1H3,(H,17,20)(H,18,21). The number of aromatic nitrogens is 2. The first-order valence-electron chi connectivity index (χ1n) is 6.22. The van der Waals surface area contributed by atoms with E-state index < -0.39 is 11.7 Å². The zero-order valence-electron chi connectivity index (χ0n) is 11.2. The number of nitrogens with zero attached hydrogens (tertiary/aromatic N) is 3. The molecule has 0 saturated carbocycles. The first kappa shape index (κ1) is 14.4. The SMILES string of the molecule is CCNc1ccc(C(=O)Nc2ccc(F)c(C#N)c2)nn1. The monoisotopic (exact) mass is 285 g/mol. The summed E-state index contributed by atoms with van der Waals surface area (Å²) in [5.41, 5.74) is 0.302. The largest absolute Gasteiger partial charge is 0.369 e. The highest BCUT2D eigenvalue weighted by Gasteiger charge is 2.10. The van der Waals surface area contributed by atoms with E-state index >= 15 is 0 Å². The Kier molecular flexibility index (Phi) is 4.41. The molecule has 0 fully saturated rings. The second kappa shape index (κ2) is 6.43. The predicted octanol–water partition coefficient (Wildman–Crippen LogP) is 2.17. The van der Waals surface area contributed by atoms with Gasteiger partial charge in [-0.15, -0.1) is 10.2 Å². The molecule has 21 heavy (non-hydrogen) atoms. The van der Waals surface area contributed by atoms with Gasteiger partial charge in [-0.2, -0.15) is 5.26 Å². The Bertz CT molecular complexity index is 694. The molecule has 0 aliphatic rings. The molecule has 0 atom stereocenters. The zero-order chi connectivity index (χ0) is 15.2. The van der Waals surface area contributed by atoms with E-state index in [9.17, 15) is 9.18 Å². The Balaban J connectivity index is 2.12. The van der Waals surface area contributed by atoms with E-state index in [0.717, 1.165) is 6.07 Å². The fraction of sp³-hybridized carbons (Fsp3) is 0.143. The van der Waals surface area contributed by atoms with Crippen molar-refractivity contribution in [2.75, 3.05) is 17.2 Å². The van der Waals surface area contributed by atoms with Crippen LogP contribution in [-0.4, -0.2) is 22.6 Å². The minimum Gasteiger partial charge on any atom is -0.369 e. The van der Waals surface area contributed by atoms with Gasteiger partial charge in [-0.05, 0) is 37.3 Å². The molecule has 2 N–H and O–H groups in total. The van der Waals surface area contributed by atoms with Crippen molar-refractivity contribution in [3.05, 3.63) is 47.4 Å². The van der Waals surface area contributed by atoms with Crippen molar-refractivity contribution >= 4 is 17.4 Å². The van der Waals surface area contributed by atoms with Gasteiger partial charge in [0.1, 0.15) is 17.7 Å². The molecular formula is C14H12FN5O. The summed E-state index contributed by atoms with van der Waals surface area (Å²) in [5, 5.41) is 21.9. The maximum absolute atomic E-state index is 13.2. The lowest BCUT2D eigenvalue weighted by molar-refractivity contribution is 0.102. The molecular weight excluding hydrogens is 273 g/mol. The Labute approximate surface area is 120 Å². The third kappa shape index (κ3) is 3.51. The van der Waals surface area contributed by atoms with E-state index in [1.165, 1.54) is 18.2 Å². The molecule has 2 rings (SSSR count). The molecule has 0 aliphatic carbocycles. The number of hydrogen-bond acceptors (Lipinski definition) is 5. The minimum atomic E-state index is -0.634. The Morgan fingerprint density at radius 2 is 2.14 bits per heavy atom. The number of benzene rings is 1. The van der Waals surface area contributed by atoms with Crippen LogP contribution in [0.25, 0.3) is 0 Å². The molecule has 0 spiro atoms. The van der Waals surface area contributed by atoms with Gasteiger partial charge in [0, 0.05) is 12.2 Å². The fourth-order valence-electron chi connectivity index (χ4n) is 1.61. The highest BCUT2D eigenvalue weighted by molar-refractivity contribution is 6.02. The lowest BCUT2D eigenvalue weighted by Crippen LogP contribution is -2.15. The van der Waals surface area contributed by atoms with Crippen molar-refractivity contribution in [1.82, 2.24) is 10.2 Å². The van der Waals surface area contributed by atoms with Crippen LogP contribution in [0.4, 0.5) is 15.9 Å². The summed E-state index contributed by atoms with van der Waals surface area (Å²) in [7, 11) is 0. The highest BCUT2D eigenvalue weighted by Crippen LogP contribution is 2.14. The first-order valence-corrected chi connectivity index (χ1v) is 6.22. The maximum Gasteiger partial charge on any atom is 0.276 e. The summed E-state index contributed by atoms with van der Waals surface area (Å²) in [5.74, 6) is -0.547. The van der Waals surface area contributed by atoms with Crippen LogP contribution < -0.4 is 10.6 Å². The van der Waals surface area contributed by atoms with Crippen LogP contribution in [-0.2, 0) is 0 Å². The van der Waals surface area contributed by atoms with E-state index in [-0.39, 0.29) is 11.3 Å². The third-order valence-electron chi connectivity index (χ3n) is 2.60. The quantitative estimate of drug-likeness (QED) is 0.898. The summed E-state index contributed by atoms with van der Waals surface area (Å²) < 4.78 is 13.2. The van der Waals surface area contributed by atoms with Crippen molar-refractivity contribution in [3.63, 3.8) is 0 Å². The van der Waals surface area contributed by atoms with E-state index in [4.69, 9.17) is 5.26 Å². The Morgan fingerprint density at radius 1 is 1.33 bits per heavy atom. The fourth-order valence-corrected chi connectivity index (χ4v) is 1.61. The van der Waals surface area contributed by atoms with Gasteiger partial charge in [-0.1, -0.05) is 0 Å². The third-order valence-corrected chi connectivity index (χ3v) is 2.60. The number of carbonyl (C=O) groups is 1. The van der Waals surface area contributed by atoms with Crippen LogP contribution in [0.2, 0.25) is 0 Å². The van der Waals surface area contributed by atoms with Crippen LogP contribution >= 0.6 is 0 Å². The molecule has 2 aromatic rings. The Hall–Kier alpha value is -3.01. The number of rotatable bonds is 4. The molecule has 0 unspecified atom stereocenters. The molecule has 1 heterocycles. The molecule has 0 radical (unpaired) electrons. The lowest BCUT2D eigenvalue weighted by Gasteiger charge is -2.06. The number of halogens is 1. The second-order valence-corrected chi connectivity index (χ2v) is 4.09. The molecule has 106 valence electrons. The second-order valence-electron chi connectivity index (χ2n) is 4.09.